The number of carbonyl (C=O) groups excluding carboxylic acids is 2. The molecule has 2 fully saturated rings. The van der Waals surface area contributed by atoms with Crippen LogP contribution in [0, 0.1) is 5.41 Å². The number of ether oxygens (including phenoxy) is 1. The van der Waals surface area contributed by atoms with Gasteiger partial charge in [0.15, 0.2) is 0 Å². The fourth-order valence-electron chi connectivity index (χ4n) is 5.03. The molecule has 0 spiro atoms. The number of amides is 2. The van der Waals surface area contributed by atoms with Crippen molar-refractivity contribution in [3.63, 3.8) is 0 Å². The van der Waals surface area contributed by atoms with Crippen LogP contribution in [0.5, 0.6) is 5.75 Å². The molecule has 0 radical (unpaired) electrons. The average Bonchev–Trinajstić information content (AvgIpc) is 3.54. The molecule has 1 saturated heterocycles. The number of carbonyl (C=O) groups is 2. The summed E-state index contributed by atoms with van der Waals surface area (Å²) in [5.74, 6) is 0.843. The maximum Gasteiger partial charge on any atom is 0.240 e. The molecule has 31 heavy (non-hydrogen) atoms. The van der Waals surface area contributed by atoms with Crippen molar-refractivity contribution in [2.24, 2.45) is 5.41 Å². The highest BCUT2D eigenvalue weighted by molar-refractivity contribution is 6.07. The Balaban J connectivity index is 1.32. The van der Waals surface area contributed by atoms with Gasteiger partial charge in [-0.05, 0) is 63.2 Å². The standard InChI is InChI=1S/C25H29N3O3/c1-27-13-11-18(12-14-27)26-23(29)16-28-22-10-6-5-9-20(22)21-15-25(21,24(28)30)17-31-19-7-3-2-4-8-19/h2-10,18,21H,11-17H2,1H3,(H,26,29)/t21-,25+/m0/s1. The van der Waals surface area contributed by atoms with E-state index in [9.17, 15) is 9.59 Å². The first kappa shape index (κ1) is 20.1. The molecule has 5 rings (SSSR count). The molecule has 6 nitrogen and oxygen atoms in total. The molecular weight excluding hydrogens is 390 g/mol. The number of para-hydroxylation sites is 2. The van der Waals surface area contributed by atoms with Crippen LogP contribution in [0.4, 0.5) is 5.69 Å². The van der Waals surface area contributed by atoms with Crippen molar-refractivity contribution < 1.29 is 14.3 Å². The van der Waals surface area contributed by atoms with Gasteiger partial charge in [-0.15, -0.1) is 0 Å². The third-order valence-corrected chi connectivity index (χ3v) is 6.97. The predicted octanol–water partition coefficient (Wildman–Crippen LogP) is 2.80. The van der Waals surface area contributed by atoms with Crippen molar-refractivity contribution in [1.82, 2.24) is 10.2 Å². The van der Waals surface area contributed by atoms with E-state index in [0.717, 1.165) is 49.4 Å². The minimum Gasteiger partial charge on any atom is -0.492 e. The van der Waals surface area contributed by atoms with E-state index >= 15 is 0 Å². The lowest BCUT2D eigenvalue weighted by Crippen LogP contribution is -2.51. The van der Waals surface area contributed by atoms with E-state index in [1.807, 2.05) is 48.5 Å². The number of fused-ring (bicyclic) bond motifs is 3. The molecule has 2 atom stereocenters. The lowest BCUT2D eigenvalue weighted by Gasteiger charge is -2.34. The molecule has 1 saturated carbocycles. The predicted molar refractivity (Wildman–Crippen MR) is 119 cm³/mol. The Bertz CT molecular complexity index is 971. The summed E-state index contributed by atoms with van der Waals surface area (Å²) in [6.45, 7) is 2.36. The second-order valence-electron chi connectivity index (χ2n) is 9.11. The zero-order chi connectivity index (χ0) is 21.4. The molecule has 1 N–H and O–H groups in total. The summed E-state index contributed by atoms with van der Waals surface area (Å²) in [6.07, 6.45) is 2.66. The van der Waals surface area contributed by atoms with Crippen molar-refractivity contribution in [2.45, 2.75) is 31.2 Å². The lowest BCUT2D eigenvalue weighted by molar-refractivity contribution is -0.128. The third kappa shape index (κ3) is 3.81. The van der Waals surface area contributed by atoms with Gasteiger partial charge >= 0.3 is 0 Å². The van der Waals surface area contributed by atoms with Gasteiger partial charge in [0.1, 0.15) is 18.9 Å². The van der Waals surface area contributed by atoms with Crippen LogP contribution in [0.15, 0.2) is 54.6 Å². The number of benzene rings is 2. The first-order valence-electron chi connectivity index (χ1n) is 11.1. The van der Waals surface area contributed by atoms with Crippen LogP contribution in [-0.4, -0.2) is 56.0 Å². The van der Waals surface area contributed by atoms with Gasteiger partial charge in [0.05, 0.1) is 5.41 Å². The Morgan fingerprint density at radius 1 is 1.10 bits per heavy atom. The summed E-state index contributed by atoms with van der Waals surface area (Å²) in [5.41, 5.74) is 1.44. The van der Waals surface area contributed by atoms with E-state index in [4.69, 9.17) is 4.74 Å². The van der Waals surface area contributed by atoms with Gasteiger partial charge in [0, 0.05) is 17.6 Å². The van der Waals surface area contributed by atoms with Crippen molar-refractivity contribution >= 4 is 17.5 Å². The highest BCUT2D eigenvalue weighted by atomic mass is 16.5. The quantitative estimate of drug-likeness (QED) is 0.782. The summed E-state index contributed by atoms with van der Waals surface area (Å²) >= 11 is 0. The Morgan fingerprint density at radius 2 is 1.81 bits per heavy atom. The van der Waals surface area contributed by atoms with Gasteiger partial charge in [-0.3, -0.25) is 9.59 Å². The van der Waals surface area contributed by atoms with Crippen molar-refractivity contribution in [2.75, 3.05) is 38.2 Å². The maximum atomic E-state index is 13.6. The summed E-state index contributed by atoms with van der Waals surface area (Å²) < 4.78 is 6.01. The second-order valence-corrected chi connectivity index (χ2v) is 9.11. The highest BCUT2D eigenvalue weighted by Crippen LogP contribution is 2.65. The van der Waals surface area contributed by atoms with Crippen LogP contribution in [0.3, 0.4) is 0 Å². The largest absolute Gasteiger partial charge is 0.492 e. The van der Waals surface area contributed by atoms with Crippen LogP contribution in [-0.2, 0) is 9.59 Å². The van der Waals surface area contributed by atoms with Gasteiger partial charge in [0.25, 0.3) is 0 Å². The minimum absolute atomic E-state index is 0.00524. The first-order chi connectivity index (χ1) is 15.1. The first-order valence-corrected chi connectivity index (χ1v) is 11.1. The van der Waals surface area contributed by atoms with E-state index in [1.54, 1.807) is 4.90 Å². The Morgan fingerprint density at radius 3 is 2.58 bits per heavy atom. The number of rotatable bonds is 6. The lowest BCUT2D eigenvalue weighted by atomic mass is 9.92. The summed E-state index contributed by atoms with van der Waals surface area (Å²) in [6, 6.07) is 17.8. The molecule has 0 unspecified atom stereocenters. The summed E-state index contributed by atoms with van der Waals surface area (Å²) in [4.78, 5) is 30.4. The molecule has 1 aliphatic carbocycles. The average molecular weight is 420 g/mol. The molecule has 2 aromatic carbocycles. The SMILES string of the molecule is CN1CCC(NC(=O)CN2C(=O)[C@@]3(COc4ccccc4)C[C@H]3c3ccccc32)CC1. The van der Waals surface area contributed by atoms with Gasteiger partial charge in [-0.25, -0.2) is 0 Å². The van der Waals surface area contributed by atoms with Crippen LogP contribution in [0.25, 0.3) is 0 Å². The van der Waals surface area contributed by atoms with Gasteiger partial charge in [0.2, 0.25) is 11.8 Å². The number of piperidine rings is 1. The van der Waals surface area contributed by atoms with E-state index in [-0.39, 0.29) is 30.3 Å². The second kappa shape index (κ2) is 8.00. The van der Waals surface area contributed by atoms with E-state index in [1.165, 1.54) is 0 Å². The normalized spacial score (nSPS) is 25.5. The topological polar surface area (TPSA) is 61.9 Å². The highest BCUT2D eigenvalue weighted by Gasteiger charge is 2.66. The number of likely N-dealkylation sites (tertiary alicyclic amines) is 1. The number of nitrogens with one attached hydrogen (secondary N) is 1. The maximum absolute atomic E-state index is 13.6. The number of hydrogen-bond donors (Lipinski definition) is 1. The van der Waals surface area contributed by atoms with E-state index in [0.29, 0.717) is 6.61 Å². The molecule has 3 aliphatic rings. The summed E-state index contributed by atoms with van der Waals surface area (Å²) in [7, 11) is 2.10. The van der Waals surface area contributed by atoms with Crippen molar-refractivity contribution in [3.05, 3.63) is 60.2 Å². The van der Waals surface area contributed by atoms with Crippen LogP contribution in [0.1, 0.15) is 30.7 Å². The zero-order valence-electron chi connectivity index (χ0n) is 17.9. The third-order valence-electron chi connectivity index (χ3n) is 6.97. The Hall–Kier alpha value is -2.86. The number of anilines is 1. The molecular formula is C25H29N3O3. The van der Waals surface area contributed by atoms with Gasteiger partial charge in [-0.2, -0.15) is 0 Å². The molecule has 0 bridgehead atoms. The molecule has 2 aliphatic heterocycles. The number of nitrogens with zero attached hydrogens (tertiary/aromatic N) is 2. The fourth-order valence-corrected chi connectivity index (χ4v) is 5.03. The Kier molecular flexibility index (Phi) is 5.18. The zero-order valence-corrected chi connectivity index (χ0v) is 17.9. The summed E-state index contributed by atoms with van der Waals surface area (Å²) in [5, 5.41) is 3.15. The molecule has 162 valence electrons. The van der Waals surface area contributed by atoms with Gasteiger partial charge < -0.3 is 19.9 Å². The van der Waals surface area contributed by atoms with Crippen molar-refractivity contribution in [3.8, 4) is 5.75 Å². The molecule has 6 heteroatoms. The molecule has 0 aromatic heterocycles. The van der Waals surface area contributed by atoms with E-state index in [2.05, 4.69) is 23.3 Å². The van der Waals surface area contributed by atoms with Crippen LogP contribution < -0.4 is 15.0 Å². The van der Waals surface area contributed by atoms with Crippen LogP contribution >= 0.6 is 0 Å². The molecule has 2 aromatic rings. The fraction of sp³-hybridized carbons (Fsp3) is 0.440. The van der Waals surface area contributed by atoms with E-state index < -0.39 is 5.41 Å². The van der Waals surface area contributed by atoms with Crippen molar-refractivity contribution in [1.29, 1.82) is 0 Å². The minimum atomic E-state index is -0.571. The number of hydrogen-bond acceptors (Lipinski definition) is 4. The van der Waals surface area contributed by atoms with Crippen LogP contribution in [0.2, 0.25) is 0 Å². The van der Waals surface area contributed by atoms with Gasteiger partial charge in [-0.1, -0.05) is 36.4 Å². The molecule has 2 amide bonds. The Labute approximate surface area is 183 Å². The smallest absolute Gasteiger partial charge is 0.240 e. The molecule has 2 heterocycles. The monoisotopic (exact) mass is 419 g/mol.